The zero-order valence-corrected chi connectivity index (χ0v) is 12.6. The summed E-state index contributed by atoms with van der Waals surface area (Å²) in [6.45, 7) is 2.05. The molecule has 4 heteroatoms. The molecule has 2 aromatic rings. The molecule has 1 heterocycles. The summed E-state index contributed by atoms with van der Waals surface area (Å²) in [7, 11) is 0. The summed E-state index contributed by atoms with van der Waals surface area (Å²) in [5.74, 6) is 0.843. The van der Waals surface area contributed by atoms with Gasteiger partial charge < -0.3 is 10.5 Å². The van der Waals surface area contributed by atoms with Gasteiger partial charge in [-0.2, -0.15) is 0 Å². The van der Waals surface area contributed by atoms with Crippen LogP contribution in [0.1, 0.15) is 35.3 Å². The van der Waals surface area contributed by atoms with Gasteiger partial charge in [-0.3, -0.25) is 0 Å². The predicted octanol–water partition coefficient (Wildman–Crippen LogP) is 4.83. The minimum Gasteiger partial charge on any atom is -0.485 e. The van der Waals surface area contributed by atoms with Crippen molar-refractivity contribution < 1.29 is 4.74 Å². The zero-order valence-electron chi connectivity index (χ0n) is 11.1. The summed E-state index contributed by atoms with van der Waals surface area (Å²) < 4.78 is 6.06. The highest BCUT2D eigenvalue weighted by molar-refractivity contribution is 6.34. The Kier molecular flexibility index (Phi) is 3.63. The third kappa shape index (κ3) is 2.64. The van der Waals surface area contributed by atoms with Crippen molar-refractivity contribution in [3.8, 4) is 5.75 Å². The molecule has 0 amide bonds. The Bertz CT molecular complexity index is 637. The SMILES string of the molecule is Cc1ccc2c(c1)[C@@H](N)CC(c1cc(Cl)cc(Cl)c1)O2. The van der Waals surface area contributed by atoms with Crippen molar-refractivity contribution in [2.24, 2.45) is 5.73 Å². The lowest BCUT2D eigenvalue weighted by atomic mass is 9.93. The summed E-state index contributed by atoms with van der Waals surface area (Å²) in [6, 6.07) is 11.5. The molecule has 2 N–H and O–H groups in total. The lowest BCUT2D eigenvalue weighted by Crippen LogP contribution is -2.24. The Hall–Kier alpha value is -1.22. The normalized spacial score (nSPS) is 21.2. The van der Waals surface area contributed by atoms with Crippen molar-refractivity contribution in [3.63, 3.8) is 0 Å². The fourth-order valence-corrected chi connectivity index (χ4v) is 3.13. The molecule has 2 nitrogen and oxygen atoms in total. The first-order chi connectivity index (χ1) is 9.52. The molecule has 0 saturated carbocycles. The van der Waals surface area contributed by atoms with E-state index < -0.39 is 0 Å². The van der Waals surface area contributed by atoms with E-state index in [1.807, 2.05) is 24.3 Å². The topological polar surface area (TPSA) is 35.2 Å². The van der Waals surface area contributed by atoms with Crippen molar-refractivity contribution >= 4 is 23.2 Å². The van der Waals surface area contributed by atoms with E-state index in [4.69, 9.17) is 33.7 Å². The Labute approximate surface area is 128 Å². The van der Waals surface area contributed by atoms with Crippen LogP contribution in [0.5, 0.6) is 5.75 Å². The third-order valence-corrected chi connectivity index (χ3v) is 4.00. The maximum Gasteiger partial charge on any atom is 0.126 e. The van der Waals surface area contributed by atoms with Gasteiger partial charge in [0.05, 0.1) is 0 Å². The van der Waals surface area contributed by atoms with Gasteiger partial charge >= 0.3 is 0 Å². The van der Waals surface area contributed by atoms with Gasteiger partial charge in [-0.25, -0.2) is 0 Å². The summed E-state index contributed by atoms with van der Waals surface area (Å²) in [5, 5.41) is 1.22. The minimum absolute atomic E-state index is 0.0404. The van der Waals surface area contributed by atoms with Crippen LogP contribution < -0.4 is 10.5 Å². The van der Waals surface area contributed by atoms with Crippen LogP contribution in [0.15, 0.2) is 36.4 Å². The molecule has 0 bridgehead atoms. The van der Waals surface area contributed by atoms with Crippen LogP contribution in [-0.4, -0.2) is 0 Å². The van der Waals surface area contributed by atoms with Crippen LogP contribution in [-0.2, 0) is 0 Å². The molecule has 0 radical (unpaired) electrons. The van der Waals surface area contributed by atoms with Crippen molar-refractivity contribution in [1.82, 2.24) is 0 Å². The molecular formula is C16H15Cl2NO. The van der Waals surface area contributed by atoms with Gasteiger partial charge in [-0.15, -0.1) is 0 Å². The first-order valence-electron chi connectivity index (χ1n) is 6.52. The van der Waals surface area contributed by atoms with Gasteiger partial charge in [-0.1, -0.05) is 40.9 Å². The molecule has 0 spiro atoms. The molecular weight excluding hydrogens is 293 g/mol. The second-order valence-corrected chi connectivity index (χ2v) is 6.07. The Morgan fingerprint density at radius 1 is 1.10 bits per heavy atom. The summed E-state index contributed by atoms with van der Waals surface area (Å²) in [5.41, 5.74) is 9.49. The third-order valence-electron chi connectivity index (χ3n) is 3.56. The number of rotatable bonds is 1. The molecule has 0 fully saturated rings. The van der Waals surface area contributed by atoms with Crippen LogP contribution in [0.2, 0.25) is 10.0 Å². The molecule has 0 aromatic heterocycles. The molecule has 1 aliphatic heterocycles. The summed E-state index contributed by atoms with van der Waals surface area (Å²) in [4.78, 5) is 0. The largest absolute Gasteiger partial charge is 0.485 e. The Balaban J connectivity index is 1.96. The molecule has 20 heavy (non-hydrogen) atoms. The number of hydrogen-bond donors (Lipinski definition) is 1. The van der Waals surface area contributed by atoms with Crippen LogP contribution in [0.3, 0.4) is 0 Å². The Morgan fingerprint density at radius 2 is 1.80 bits per heavy atom. The highest BCUT2D eigenvalue weighted by atomic mass is 35.5. The monoisotopic (exact) mass is 307 g/mol. The van der Waals surface area contributed by atoms with Crippen LogP contribution in [0.25, 0.3) is 0 Å². The van der Waals surface area contributed by atoms with Crippen LogP contribution in [0.4, 0.5) is 0 Å². The van der Waals surface area contributed by atoms with E-state index in [1.165, 1.54) is 5.56 Å². The summed E-state index contributed by atoms with van der Waals surface area (Å²) >= 11 is 12.1. The second-order valence-electron chi connectivity index (χ2n) is 5.19. The van der Waals surface area contributed by atoms with Gasteiger partial charge in [-0.05, 0) is 36.8 Å². The van der Waals surface area contributed by atoms with Crippen molar-refractivity contribution in [2.75, 3.05) is 0 Å². The van der Waals surface area contributed by atoms with E-state index in [0.717, 1.165) is 16.9 Å². The van der Waals surface area contributed by atoms with E-state index in [0.29, 0.717) is 16.5 Å². The molecule has 1 unspecified atom stereocenters. The number of aryl methyl sites for hydroxylation is 1. The molecule has 0 saturated heterocycles. The maximum absolute atomic E-state index is 6.27. The number of nitrogens with two attached hydrogens (primary N) is 1. The summed E-state index contributed by atoms with van der Waals surface area (Å²) in [6.07, 6.45) is 0.601. The van der Waals surface area contributed by atoms with E-state index in [9.17, 15) is 0 Å². The fraction of sp³-hybridized carbons (Fsp3) is 0.250. The van der Waals surface area contributed by atoms with Crippen molar-refractivity contribution in [2.45, 2.75) is 25.5 Å². The van der Waals surface area contributed by atoms with Gasteiger partial charge in [0.25, 0.3) is 0 Å². The first kappa shape index (κ1) is 13.7. The number of halogens is 2. The Morgan fingerprint density at radius 3 is 2.50 bits per heavy atom. The van der Waals surface area contributed by atoms with E-state index >= 15 is 0 Å². The smallest absolute Gasteiger partial charge is 0.126 e. The number of fused-ring (bicyclic) bond motifs is 1. The predicted molar refractivity (Wildman–Crippen MR) is 82.6 cm³/mol. The lowest BCUT2D eigenvalue weighted by Gasteiger charge is -2.31. The number of benzene rings is 2. The number of hydrogen-bond acceptors (Lipinski definition) is 2. The van der Waals surface area contributed by atoms with Crippen LogP contribution in [0, 0.1) is 6.92 Å². The van der Waals surface area contributed by atoms with Gasteiger partial charge in [0.15, 0.2) is 0 Å². The van der Waals surface area contributed by atoms with E-state index in [1.54, 1.807) is 6.07 Å². The van der Waals surface area contributed by atoms with E-state index in [2.05, 4.69) is 13.0 Å². The molecule has 104 valence electrons. The standard InChI is InChI=1S/C16H15Cl2NO/c1-9-2-3-15-13(4-9)14(19)8-16(20-15)10-5-11(17)7-12(18)6-10/h2-7,14,16H,8,19H2,1H3/t14-,16?/m0/s1. The van der Waals surface area contributed by atoms with Gasteiger partial charge in [0.1, 0.15) is 11.9 Å². The van der Waals surface area contributed by atoms with Crippen LogP contribution >= 0.6 is 23.2 Å². The molecule has 1 aliphatic rings. The van der Waals surface area contributed by atoms with E-state index in [-0.39, 0.29) is 12.1 Å². The quantitative estimate of drug-likeness (QED) is 0.819. The minimum atomic E-state index is -0.114. The average Bonchev–Trinajstić information content (AvgIpc) is 2.38. The zero-order chi connectivity index (χ0) is 14.3. The lowest BCUT2D eigenvalue weighted by molar-refractivity contribution is 0.161. The van der Waals surface area contributed by atoms with Gasteiger partial charge in [0, 0.05) is 28.1 Å². The number of ether oxygens (including phenoxy) is 1. The molecule has 3 rings (SSSR count). The maximum atomic E-state index is 6.27. The molecule has 2 atom stereocenters. The second kappa shape index (κ2) is 5.28. The fourth-order valence-electron chi connectivity index (χ4n) is 2.59. The molecule has 0 aliphatic carbocycles. The van der Waals surface area contributed by atoms with Gasteiger partial charge in [0.2, 0.25) is 0 Å². The highest BCUT2D eigenvalue weighted by Gasteiger charge is 2.27. The van der Waals surface area contributed by atoms with Crippen molar-refractivity contribution in [1.29, 1.82) is 0 Å². The first-order valence-corrected chi connectivity index (χ1v) is 7.27. The average molecular weight is 308 g/mol. The highest BCUT2D eigenvalue weighted by Crippen LogP contribution is 2.40. The van der Waals surface area contributed by atoms with Crippen molar-refractivity contribution in [3.05, 3.63) is 63.1 Å². The molecule has 2 aromatic carbocycles.